The molecule has 0 bridgehead atoms. The van der Waals surface area contributed by atoms with Crippen LogP contribution in [0.3, 0.4) is 0 Å². The molecule has 0 saturated carbocycles. The number of carbonyl (C=O) groups excluding carboxylic acids is 1. The number of halogens is 4. The Labute approximate surface area is 170 Å². The molecule has 2 N–H and O–H groups in total. The molecular weight excluding hydrogens is 440 g/mol. The molecule has 0 aliphatic heterocycles. The van der Waals surface area contributed by atoms with Crippen molar-refractivity contribution < 1.29 is 30.8 Å². The highest BCUT2D eigenvalue weighted by Gasteiger charge is 2.34. The van der Waals surface area contributed by atoms with Gasteiger partial charge in [0.25, 0.3) is 21.9 Å². The van der Waals surface area contributed by atoms with Gasteiger partial charge in [0, 0.05) is 23.6 Å². The molecule has 1 amide bonds. The fraction of sp³-hybridized carbons (Fsp3) is 0.312. The third-order valence-corrected chi connectivity index (χ3v) is 6.74. The number of benzene rings is 1. The van der Waals surface area contributed by atoms with Gasteiger partial charge in [-0.3, -0.25) is 4.79 Å². The fourth-order valence-corrected chi connectivity index (χ4v) is 4.74. The summed E-state index contributed by atoms with van der Waals surface area (Å²) in [5, 5.41) is 2.32. The van der Waals surface area contributed by atoms with Crippen molar-refractivity contribution in [3.8, 4) is 0 Å². The van der Waals surface area contributed by atoms with Gasteiger partial charge >= 0.3 is 0 Å². The van der Waals surface area contributed by atoms with Crippen LogP contribution in [0.15, 0.2) is 28.5 Å². The minimum absolute atomic E-state index is 0. The lowest BCUT2D eigenvalue weighted by Crippen LogP contribution is -2.43. The van der Waals surface area contributed by atoms with Crippen LogP contribution in [0.1, 0.15) is 29.1 Å². The number of hydrogen-bond donors (Lipinski definition) is 2. The van der Waals surface area contributed by atoms with E-state index in [0.29, 0.717) is 11.8 Å². The predicted molar refractivity (Wildman–Crippen MR) is 104 cm³/mol. The van der Waals surface area contributed by atoms with Crippen LogP contribution in [0.5, 0.6) is 0 Å². The summed E-state index contributed by atoms with van der Waals surface area (Å²) in [6, 6.07) is 2.14. The maximum atomic E-state index is 13.2. The second kappa shape index (κ2) is 8.80. The van der Waals surface area contributed by atoms with E-state index in [2.05, 4.69) is 5.32 Å². The van der Waals surface area contributed by atoms with Crippen molar-refractivity contribution in [3.05, 3.63) is 46.3 Å². The molecule has 5 nitrogen and oxygen atoms in total. The van der Waals surface area contributed by atoms with Gasteiger partial charge in [0.1, 0.15) is 4.21 Å². The molecule has 0 aliphatic rings. The number of carbonyl (C=O) groups is 1. The van der Waals surface area contributed by atoms with Crippen LogP contribution in [0, 0.1) is 18.6 Å². The lowest BCUT2D eigenvalue weighted by molar-refractivity contribution is -0.00487. The summed E-state index contributed by atoms with van der Waals surface area (Å²) in [4.78, 5) is 12.6. The third-order valence-electron chi connectivity index (χ3n) is 3.67. The van der Waals surface area contributed by atoms with Gasteiger partial charge in [-0.05, 0) is 32.0 Å². The molecule has 1 aromatic carbocycles. The number of hydrogen-bond acceptors (Lipinski definition) is 4. The summed E-state index contributed by atoms with van der Waals surface area (Å²) >= 11 is 0.728. The molecule has 0 unspecified atom stereocenters. The molecule has 2 aromatic rings. The van der Waals surface area contributed by atoms with Crippen molar-refractivity contribution in [1.82, 2.24) is 4.72 Å². The maximum absolute atomic E-state index is 13.2. The van der Waals surface area contributed by atoms with Crippen LogP contribution in [-0.2, 0) is 10.0 Å². The molecule has 2 rings (SSSR count). The zero-order valence-electron chi connectivity index (χ0n) is 14.9. The lowest BCUT2D eigenvalue weighted by Gasteiger charge is -2.19. The Morgan fingerprint density at radius 1 is 1.18 bits per heavy atom. The van der Waals surface area contributed by atoms with Gasteiger partial charge in [0.05, 0.1) is 11.6 Å². The van der Waals surface area contributed by atoms with Gasteiger partial charge in [0.2, 0.25) is 0 Å². The van der Waals surface area contributed by atoms with Crippen molar-refractivity contribution in [2.45, 2.75) is 36.9 Å². The molecule has 1 atom stereocenters. The molecular formula is C16H18F4N2O3S3. The van der Waals surface area contributed by atoms with Crippen molar-refractivity contribution in [2.75, 3.05) is 5.32 Å². The van der Waals surface area contributed by atoms with Crippen LogP contribution in [0.4, 0.5) is 23.2 Å². The number of rotatable bonds is 6. The number of thiophene rings is 1. The summed E-state index contributed by atoms with van der Waals surface area (Å²) in [6.07, 6.45) is 0. The summed E-state index contributed by atoms with van der Waals surface area (Å²) in [7, 11) is -4.26. The second-order valence-electron chi connectivity index (χ2n) is 5.92. The van der Waals surface area contributed by atoms with E-state index in [1.807, 2.05) is 4.72 Å². The second-order valence-corrected chi connectivity index (χ2v) is 9.11. The molecule has 0 radical (unpaired) electrons. The standard InChI is InChI=1S/C16H16F4N2O3S2.H2S/c1-8-11(15(23)21-10-4-5-12(17)13(18)6-10)7-14(26-8)27(24,25)22-9(2)16(3,19)20;/h4-7,9,22H,1-3H3,(H,21,23);1H2/t9-;/m0./s1. The summed E-state index contributed by atoms with van der Waals surface area (Å²) < 4.78 is 78.7. The number of aryl methyl sites for hydroxylation is 1. The van der Waals surface area contributed by atoms with E-state index in [-0.39, 0.29) is 29.0 Å². The highest BCUT2D eigenvalue weighted by atomic mass is 32.2. The lowest BCUT2D eigenvalue weighted by atomic mass is 10.2. The first kappa shape index (κ1) is 24.4. The Bertz CT molecular complexity index is 972. The maximum Gasteiger partial charge on any atom is 0.261 e. The molecule has 156 valence electrons. The van der Waals surface area contributed by atoms with Crippen molar-refractivity contribution in [1.29, 1.82) is 0 Å². The van der Waals surface area contributed by atoms with Crippen LogP contribution in [0.2, 0.25) is 0 Å². The van der Waals surface area contributed by atoms with E-state index in [4.69, 9.17) is 0 Å². The van der Waals surface area contributed by atoms with Crippen LogP contribution >= 0.6 is 24.8 Å². The van der Waals surface area contributed by atoms with E-state index < -0.39 is 39.5 Å². The van der Waals surface area contributed by atoms with Crippen LogP contribution in [0.25, 0.3) is 0 Å². The van der Waals surface area contributed by atoms with Crippen molar-refractivity contribution >= 4 is 46.5 Å². The van der Waals surface area contributed by atoms with Gasteiger partial charge in [0.15, 0.2) is 11.6 Å². The first-order valence-electron chi connectivity index (χ1n) is 7.58. The zero-order valence-corrected chi connectivity index (χ0v) is 17.6. The van der Waals surface area contributed by atoms with Gasteiger partial charge in [-0.2, -0.15) is 13.5 Å². The molecule has 0 spiro atoms. The Kier molecular flexibility index (Phi) is 7.67. The minimum atomic E-state index is -4.26. The quantitative estimate of drug-likeness (QED) is 0.642. The van der Waals surface area contributed by atoms with E-state index in [1.54, 1.807) is 0 Å². The SMILES string of the molecule is Cc1sc(S(=O)(=O)N[C@@H](C)C(C)(F)F)cc1C(=O)Nc1ccc(F)c(F)c1.S. The number of sulfonamides is 1. The van der Waals surface area contributed by atoms with Gasteiger partial charge in [-0.1, -0.05) is 0 Å². The zero-order chi connectivity index (χ0) is 20.6. The topological polar surface area (TPSA) is 75.3 Å². The molecule has 12 heteroatoms. The predicted octanol–water partition coefficient (Wildman–Crippen LogP) is 4.02. The number of alkyl halides is 2. The van der Waals surface area contributed by atoms with Gasteiger partial charge in [-0.15, -0.1) is 11.3 Å². The Morgan fingerprint density at radius 2 is 1.79 bits per heavy atom. The molecule has 0 aliphatic carbocycles. The van der Waals surface area contributed by atoms with Gasteiger partial charge < -0.3 is 5.32 Å². The average molecular weight is 459 g/mol. The van der Waals surface area contributed by atoms with Gasteiger partial charge in [-0.25, -0.2) is 30.7 Å². The highest BCUT2D eigenvalue weighted by molar-refractivity contribution is 7.91. The monoisotopic (exact) mass is 458 g/mol. The summed E-state index contributed by atoms with van der Waals surface area (Å²) in [6.45, 7) is 3.08. The first-order chi connectivity index (χ1) is 12.3. The normalized spacial score (nSPS) is 13.0. The first-order valence-corrected chi connectivity index (χ1v) is 9.88. The number of nitrogens with one attached hydrogen (secondary N) is 2. The van der Waals surface area contributed by atoms with E-state index in [1.165, 1.54) is 6.92 Å². The summed E-state index contributed by atoms with van der Waals surface area (Å²) in [5.41, 5.74) is -0.0488. The van der Waals surface area contributed by atoms with Crippen molar-refractivity contribution in [3.63, 3.8) is 0 Å². The Balaban J connectivity index is 0.00000392. The Morgan fingerprint density at radius 3 is 2.32 bits per heavy atom. The Hall–Kier alpha value is -1.63. The molecule has 28 heavy (non-hydrogen) atoms. The molecule has 0 fully saturated rings. The largest absolute Gasteiger partial charge is 0.322 e. The fourth-order valence-electron chi connectivity index (χ4n) is 1.98. The van der Waals surface area contributed by atoms with E-state index in [9.17, 15) is 30.8 Å². The van der Waals surface area contributed by atoms with Crippen LogP contribution < -0.4 is 10.0 Å². The number of amides is 1. The van der Waals surface area contributed by atoms with E-state index >= 15 is 0 Å². The molecule has 1 heterocycles. The molecule has 1 aromatic heterocycles. The molecule has 0 saturated heterocycles. The smallest absolute Gasteiger partial charge is 0.261 e. The number of anilines is 1. The van der Waals surface area contributed by atoms with E-state index in [0.717, 1.165) is 42.5 Å². The third kappa shape index (κ3) is 5.69. The van der Waals surface area contributed by atoms with Crippen LogP contribution in [-0.4, -0.2) is 26.3 Å². The summed E-state index contributed by atoms with van der Waals surface area (Å²) in [5.74, 6) is -6.26. The van der Waals surface area contributed by atoms with Crippen molar-refractivity contribution in [2.24, 2.45) is 0 Å². The minimum Gasteiger partial charge on any atom is -0.322 e. The average Bonchev–Trinajstić information content (AvgIpc) is 2.92. The highest BCUT2D eigenvalue weighted by Crippen LogP contribution is 2.28.